The number of hydrogen-bond donors (Lipinski definition) is 0. The van der Waals surface area contributed by atoms with E-state index < -0.39 is 0 Å². The van der Waals surface area contributed by atoms with E-state index in [9.17, 15) is 4.39 Å². The van der Waals surface area contributed by atoms with Crippen LogP contribution in [-0.2, 0) is 0 Å². The standard InChI is InChI=1S/C21H15FN2/c1-14-11-17(6-7-20(14)22)21-19(3-2-9-24-21)16-5-4-15-8-10-23-13-18(15)12-16/h2-13H,1H3. The summed E-state index contributed by atoms with van der Waals surface area (Å²) < 4.78 is 13.6. The summed E-state index contributed by atoms with van der Waals surface area (Å²) in [5.41, 5.74) is 4.47. The predicted molar refractivity (Wildman–Crippen MR) is 95.1 cm³/mol. The van der Waals surface area contributed by atoms with Gasteiger partial charge in [0.1, 0.15) is 5.82 Å². The summed E-state index contributed by atoms with van der Waals surface area (Å²) in [4.78, 5) is 8.73. The van der Waals surface area contributed by atoms with E-state index in [1.165, 1.54) is 6.07 Å². The van der Waals surface area contributed by atoms with E-state index >= 15 is 0 Å². The highest BCUT2D eigenvalue weighted by Gasteiger charge is 2.10. The van der Waals surface area contributed by atoms with Gasteiger partial charge in [-0.15, -0.1) is 0 Å². The van der Waals surface area contributed by atoms with Crippen molar-refractivity contribution < 1.29 is 4.39 Å². The first kappa shape index (κ1) is 14.5. The van der Waals surface area contributed by atoms with Gasteiger partial charge in [-0.25, -0.2) is 4.39 Å². The highest BCUT2D eigenvalue weighted by Crippen LogP contribution is 2.32. The van der Waals surface area contributed by atoms with E-state index in [-0.39, 0.29) is 5.82 Å². The molecule has 0 atom stereocenters. The molecule has 0 bridgehead atoms. The van der Waals surface area contributed by atoms with Gasteiger partial charge in [0.05, 0.1) is 5.69 Å². The van der Waals surface area contributed by atoms with Crippen LogP contribution in [0.15, 0.2) is 73.2 Å². The third-order valence-electron chi connectivity index (χ3n) is 4.19. The van der Waals surface area contributed by atoms with Gasteiger partial charge < -0.3 is 0 Å². The Hall–Kier alpha value is -3.07. The predicted octanol–water partition coefficient (Wildman–Crippen LogP) is 5.41. The highest BCUT2D eigenvalue weighted by atomic mass is 19.1. The lowest BCUT2D eigenvalue weighted by molar-refractivity contribution is 0.619. The number of halogens is 1. The van der Waals surface area contributed by atoms with E-state index in [1.54, 1.807) is 25.4 Å². The first-order valence-electron chi connectivity index (χ1n) is 7.78. The van der Waals surface area contributed by atoms with Crippen LogP contribution in [0.1, 0.15) is 5.56 Å². The van der Waals surface area contributed by atoms with Gasteiger partial charge in [-0.05, 0) is 59.8 Å². The molecule has 0 amide bonds. The van der Waals surface area contributed by atoms with Crippen LogP contribution in [0.5, 0.6) is 0 Å². The molecule has 2 heterocycles. The number of hydrogen-bond acceptors (Lipinski definition) is 2. The molecule has 2 aromatic heterocycles. The van der Waals surface area contributed by atoms with E-state index in [4.69, 9.17) is 0 Å². The fraction of sp³-hybridized carbons (Fsp3) is 0.0476. The zero-order valence-corrected chi connectivity index (χ0v) is 13.2. The number of aryl methyl sites for hydroxylation is 1. The second-order valence-electron chi connectivity index (χ2n) is 5.80. The molecule has 0 aliphatic heterocycles. The summed E-state index contributed by atoms with van der Waals surface area (Å²) in [6.45, 7) is 1.77. The molecule has 0 saturated heterocycles. The molecule has 116 valence electrons. The molecule has 0 N–H and O–H groups in total. The summed E-state index contributed by atoms with van der Waals surface area (Å²) in [5, 5.41) is 2.23. The molecule has 0 spiro atoms. The largest absolute Gasteiger partial charge is 0.264 e. The van der Waals surface area contributed by atoms with Gasteiger partial charge in [-0.3, -0.25) is 9.97 Å². The molecule has 0 aliphatic carbocycles. The molecule has 0 aliphatic rings. The van der Waals surface area contributed by atoms with Gasteiger partial charge in [0.2, 0.25) is 0 Å². The number of benzene rings is 2. The minimum atomic E-state index is -0.201. The van der Waals surface area contributed by atoms with E-state index in [1.807, 2.05) is 30.5 Å². The number of fused-ring (bicyclic) bond motifs is 1. The molecule has 2 aromatic carbocycles. The molecule has 4 rings (SSSR count). The second-order valence-corrected chi connectivity index (χ2v) is 5.80. The Morgan fingerprint density at radius 1 is 0.833 bits per heavy atom. The first-order valence-corrected chi connectivity index (χ1v) is 7.78. The topological polar surface area (TPSA) is 25.8 Å². The molecule has 3 heteroatoms. The zero-order valence-electron chi connectivity index (χ0n) is 13.2. The van der Waals surface area contributed by atoms with Gasteiger partial charge in [-0.1, -0.05) is 18.2 Å². The average Bonchev–Trinajstić information content (AvgIpc) is 2.63. The Kier molecular flexibility index (Phi) is 3.54. The Morgan fingerprint density at radius 3 is 2.58 bits per heavy atom. The number of pyridine rings is 2. The molecule has 2 nitrogen and oxygen atoms in total. The zero-order chi connectivity index (χ0) is 16.5. The monoisotopic (exact) mass is 314 g/mol. The van der Waals surface area contributed by atoms with Crippen LogP contribution < -0.4 is 0 Å². The van der Waals surface area contributed by atoms with Crippen molar-refractivity contribution in [1.29, 1.82) is 0 Å². The quantitative estimate of drug-likeness (QED) is 0.494. The molecule has 0 fully saturated rings. The minimum Gasteiger partial charge on any atom is -0.264 e. The van der Waals surface area contributed by atoms with E-state index in [0.29, 0.717) is 5.56 Å². The summed E-state index contributed by atoms with van der Waals surface area (Å²) in [7, 11) is 0. The van der Waals surface area contributed by atoms with Crippen LogP contribution in [-0.4, -0.2) is 9.97 Å². The van der Waals surface area contributed by atoms with Crippen LogP contribution >= 0.6 is 0 Å². The van der Waals surface area contributed by atoms with Crippen molar-refractivity contribution >= 4 is 10.8 Å². The maximum Gasteiger partial charge on any atom is 0.126 e. The Bertz CT molecular complexity index is 1040. The van der Waals surface area contributed by atoms with Gasteiger partial charge >= 0.3 is 0 Å². The Morgan fingerprint density at radius 2 is 1.71 bits per heavy atom. The van der Waals surface area contributed by atoms with Crippen molar-refractivity contribution in [3.8, 4) is 22.4 Å². The average molecular weight is 314 g/mol. The number of rotatable bonds is 2. The third-order valence-corrected chi connectivity index (χ3v) is 4.19. The smallest absolute Gasteiger partial charge is 0.126 e. The molecule has 0 unspecified atom stereocenters. The highest BCUT2D eigenvalue weighted by molar-refractivity contribution is 5.89. The van der Waals surface area contributed by atoms with Crippen molar-refractivity contribution in [2.45, 2.75) is 6.92 Å². The summed E-state index contributed by atoms with van der Waals surface area (Å²) >= 11 is 0. The lowest BCUT2D eigenvalue weighted by Gasteiger charge is -2.11. The second kappa shape index (κ2) is 5.85. The third kappa shape index (κ3) is 2.54. The van der Waals surface area contributed by atoms with Crippen LogP contribution in [0.25, 0.3) is 33.2 Å². The number of nitrogens with zero attached hydrogens (tertiary/aromatic N) is 2. The SMILES string of the molecule is Cc1cc(-c2ncccc2-c2ccc3ccncc3c2)ccc1F. The van der Waals surface area contributed by atoms with Gasteiger partial charge in [0, 0.05) is 35.1 Å². The van der Waals surface area contributed by atoms with Crippen molar-refractivity contribution in [1.82, 2.24) is 9.97 Å². The molecule has 24 heavy (non-hydrogen) atoms. The molecule has 4 aromatic rings. The normalized spacial score (nSPS) is 10.9. The lowest BCUT2D eigenvalue weighted by atomic mass is 9.97. The molecule has 0 radical (unpaired) electrons. The van der Waals surface area contributed by atoms with Crippen molar-refractivity contribution in [3.05, 3.63) is 84.6 Å². The van der Waals surface area contributed by atoms with Crippen LogP contribution in [0.2, 0.25) is 0 Å². The van der Waals surface area contributed by atoms with Crippen molar-refractivity contribution in [2.24, 2.45) is 0 Å². The Balaban J connectivity index is 1.90. The van der Waals surface area contributed by atoms with Crippen LogP contribution in [0.3, 0.4) is 0 Å². The summed E-state index contributed by atoms with van der Waals surface area (Å²) in [6, 6.07) is 17.3. The van der Waals surface area contributed by atoms with Gasteiger partial charge in [-0.2, -0.15) is 0 Å². The van der Waals surface area contributed by atoms with Crippen molar-refractivity contribution in [3.63, 3.8) is 0 Å². The first-order chi connectivity index (χ1) is 11.7. The maximum absolute atomic E-state index is 13.6. The van der Waals surface area contributed by atoms with E-state index in [2.05, 4.69) is 28.2 Å². The Labute approximate surface area is 139 Å². The maximum atomic E-state index is 13.6. The van der Waals surface area contributed by atoms with Gasteiger partial charge in [0.15, 0.2) is 0 Å². The summed E-state index contributed by atoms with van der Waals surface area (Å²) in [6.07, 6.45) is 5.41. The minimum absolute atomic E-state index is 0.201. The lowest BCUT2D eigenvalue weighted by Crippen LogP contribution is -1.91. The van der Waals surface area contributed by atoms with Crippen LogP contribution in [0.4, 0.5) is 4.39 Å². The van der Waals surface area contributed by atoms with E-state index in [0.717, 1.165) is 33.2 Å². The fourth-order valence-corrected chi connectivity index (χ4v) is 2.91. The molecular weight excluding hydrogens is 299 g/mol. The molecular formula is C21H15FN2. The number of aromatic nitrogens is 2. The van der Waals surface area contributed by atoms with Gasteiger partial charge in [0.25, 0.3) is 0 Å². The summed E-state index contributed by atoms with van der Waals surface area (Å²) in [5.74, 6) is -0.201. The molecule has 0 saturated carbocycles. The fourth-order valence-electron chi connectivity index (χ4n) is 2.91. The van der Waals surface area contributed by atoms with Crippen molar-refractivity contribution in [2.75, 3.05) is 0 Å². The van der Waals surface area contributed by atoms with Crippen LogP contribution in [0, 0.1) is 12.7 Å².